The molecular weight excluding hydrogens is 552 g/mol. The van der Waals surface area contributed by atoms with Gasteiger partial charge in [-0.1, -0.05) is 48.0 Å². The monoisotopic (exact) mass is 586 g/mol. The second-order valence-electron chi connectivity index (χ2n) is 10.8. The number of rotatable bonds is 8. The van der Waals surface area contributed by atoms with Crippen LogP contribution in [0.5, 0.6) is 0 Å². The van der Waals surface area contributed by atoms with Crippen molar-refractivity contribution < 1.29 is 14.4 Å². The van der Waals surface area contributed by atoms with E-state index in [1.165, 1.54) is 4.90 Å². The highest BCUT2D eigenvalue weighted by Gasteiger charge is 2.29. The summed E-state index contributed by atoms with van der Waals surface area (Å²) in [5.41, 5.74) is 4.77. The molecule has 2 aliphatic rings. The van der Waals surface area contributed by atoms with Gasteiger partial charge in [0.25, 0.3) is 5.91 Å². The number of hydrogen-bond acceptors (Lipinski definition) is 6. The molecule has 0 bridgehead atoms. The Morgan fingerprint density at radius 3 is 2.29 bits per heavy atom. The minimum Gasteiger partial charge on any atom is -0.354 e. The maximum atomic E-state index is 13.5. The van der Waals surface area contributed by atoms with E-state index in [9.17, 15) is 14.4 Å². The normalized spacial score (nSPS) is 16.4. The van der Waals surface area contributed by atoms with Crippen LogP contribution >= 0.6 is 11.6 Å². The predicted molar refractivity (Wildman–Crippen MR) is 168 cm³/mol. The molecule has 2 heterocycles. The number of nitrogens with one attached hydrogen (secondary N) is 2. The molecule has 0 saturated carbocycles. The number of hydrogen-bond donors (Lipinski definition) is 2. The second kappa shape index (κ2) is 12.8. The molecule has 42 heavy (non-hydrogen) atoms. The van der Waals surface area contributed by atoms with Gasteiger partial charge < -0.3 is 25.3 Å². The smallest absolute Gasteiger partial charge is 0.258 e. The van der Waals surface area contributed by atoms with Crippen LogP contribution in [-0.4, -0.2) is 92.8 Å². The molecule has 218 valence electrons. The van der Waals surface area contributed by atoms with Crippen molar-refractivity contribution in [1.82, 2.24) is 14.7 Å². The summed E-state index contributed by atoms with van der Waals surface area (Å²) in [5.74, 6) is -0.510. The fourth-order valence-corrected chi connectivity index (χ4v) is 5.20. The van der Waals surface area contributed by atoms with E-state index >= 15 is 0 Å². The van der Waals surface area contributed by atoms with Gasteiger partial charge in [0.2, 0.25) is 11.8 Å². The third kappa shape index (κ3) is 6.65. The second-order valence-corrected chi connectivity index (χ2v) is 11.2. The Balaban J connectivity index is 1.44. The summed E-state index contributed by atoms with van der Waals surface area (Å²) in [6.07, 6.45) is 0. The lowest BCUT2D eigenvalue weighted by atomic mass is 10.00. The lowest BCUT2D eigenvalue weighted by Gasteiger charge is -2.33. The van der Waals surface area contributed by atoms with Crippen molar-refractivity contribution in [3.63, 3.8) is 0 Å². The zero-order valence-electron chi connectivity index (χ0n) is 24.1. The van der Waals surface area contributed by atoms with Crippen LogP contribution in [0.2, 0.25) is 5.02 Å². The summed E-state index contributed by atoms with van der Waals surface area (Å²) in [5, 5.41) is 6.90. The molecule has 2 N–H and O–H groups in total. The van der Waals surface area contributed by atoms with E-state index in [4.69, 9.17) is 11.6 Å². The highest BCUT2D eigenvalue weighted by atomic mass is 35.5. The van der Waals surface area contributed by atoms with Gasteiger partial charge in [-0.15, -0.1) is 0 Å². The molecule has 0 radical (unpaired) electrons. The Labute approximate surface area is 251 Å². The quantitative estimate of drug-likeness (QED) is 0.389. The number of nitrogens with zero attached hydrogens (tertiary/aromatic N) is 4. The van der Waals surface area contributed by atoms with Crippen LogP contribution in [0.4, 0.5) is 17.1 Å². The van der Waals surface area contributed by atoms with E-state index in [-0.39, 0.29) is 30.8 Å². The highest BCUT2D eigenvalue weighted by Crippen LogP contribution is 2.38. The van der Waals surface area contributed by atoms with E-state index < -0.39 is 0 Å². The molecule has 9 nitrogen and oxygen atoms in total. The molecule has 10 heteroatoms. The SMILES string of the molecule is CN1CCN(CC(=O)N(CC(=O)N(C)C)c2ccc(N/C(=C3\C(=O)Nc4cc(Cl)ccc43)c3ccccc3)cc2)CC1. The van der Waals surface area contributed by atoms with Crippen LogP contribution in [0.25, 0.3) is 11.3 Å². The van der Waals surface area contributed by atoms with Crippen molar-refractivity contribution in [2.75, 3.05) is 75.9 Å². The van der Waals surface area contributed by atoms with Crippen molar-refractivity contribution in [3.8, 4) is 0 Å². The van der Waals surface area contributed by atoms with Gasteiger partial charge in [-0.25, -0.2) is 0 Å². The Hall–Kier alpha value is -4.18. The summed E-state index contributed by atoms with van der Waals surface area (Å²) < 4.78 is 0. The zero-order valence-corrected chi connectivity index (χ0v) is 24.8. The molecular formula is C32H35ClN6O3. The van der Waals surface area contributed by atoms with Crippen molar-refractivity contribution in [3.05, 3.63) is 88.9 Å². The lowest BCUT2D eigenvalue weighted by molar-refractivity contribution is -0.129. The number of carbonyl (C=O) groups is 3. The van der Waals surface area contributed by atoms with Crippen LogP contribution in [-0.2, 0) is 14.4 Å². The van der Waals surface area contributed by atoms with Gasteiger partial charge in [0.15, 0.2) is 0 Å². The van der Waals surface area contributed by atoms with E-state index in [1.54, 1.807) is 31.1 Å². The average molecular weight is 587 g/mol. The minimum absolute atomic E-state index is 0.0504. The first-order chi connectivity index (χ1) is 20.2. The van der Waals surface area contributed by atoms with Gasteiger partial charge in [-0.05, 0) is 49.0 Å². The molecule has 0 spiro atoms. The molecule has 3 aromatic carbocycles. The number of piperazine rings is 1. The van der Waals surface area contributed by atoms with Crippen molar-refractivity contribution >= 4 is 57.7 Å². The van der Waals surface area contributed by atoms with Crippen LogP contribution < -0.4 is 15.5 Å². The summed E-state index contributed by atoms with van der Waals surface area (Å²) >= 11 is 6.18. The zero-order chi connectivity index (χ0) is 29.8. The third-order valence-electron chi connectivity index (χ3n) is 7.53. The predicted octanol–water partition coefficient (Wildman–Crippen LogP) is 3.94. The van der Waals surface area contributed by atoms with E-state index in [0.29, 0.717) is 27.7 Å². The van der Waals surface area contributed by atoms with Crippen LogP contribution in [0, 0.1) is 0 Å². The Morgan fingerprint density at radius 2 is 1.62 bits per heavy atom. The van der Waals surface area contributed by atoms with Crippen molar-refractivity contribution in [2.24, 2.45) is 0 Å². The standard InChI is InChI=1S/C32H35ClN6O3/c1-36(2)28(40)21-39(29(41)20-38-17-15-37(3)16-18-38)25-12-10-24(11-13-25)34-31(22-7-5-4-6-8-22)30-26-14-9-23(33)19-27(26)35-32(30)42/h4-14,19,34H,15-18,20-21H2,1-3H3,(H,35,42)/b31-30-. The first-order valence-electron chi connectivity index (χ1n) is 13.9. The number of halogens is 1. The summed E-state index contributed by atoms with van der Waals surface area (Å²) in [7, 11) is 5.44. The van der Waals surface area contributed by atoms with Gasteiger partial charge in [0.1, 0.15) is 6.54 Å². The number of amides is 3. The first kappa shape index (κ1) is 29.3. The maximum absolute atomic E-state index is 13.5. The number of likely N-dealkylation sites (N-methyl/N-ethyl adjacent to an activating group) is 2. The van der Waals surface area contributed by atoms with Crippen LogP contribution in [0.3, 0.4) is 0 Å². The van der Waals surface area contributed by atoms with Gasteiger partial charge in [0, 0.05) is 62.2 Å². The minimum atomic E-state index is -0.224. The summed E-state index contributed by atoms with van der Waals surface area (Å²) in [6, 6.07) is 22.3. The highest BCUT2D eigenvalue weighted by molar-refractivity contribution is 6.38. The summed E-state index contributed by atoms with van der Waals surface area (Å²) in [6.45, 7) is 3.61. The number of fused-ring (bicyclic) bond motifs is 1. The van der Waals surface area contributed by atoms with Crippen molar-refractivity contribution in [2.45, 2.75) is 0 Å². The number of carbonyl (C=O) groups excluding carboxylic acids is 3. The Morgan fingerprint density at radius 1 is 0.929 bits per heavy atom. The molecule has 0 aromatic heterocycles. The number of anilines is 3. The van der Waals surface area contributed by atoms with E-state index in [0.717, 1.165) is 43.0 Å². The third-order valence-corrected chi connectivity index (χ3v) is 7.77. The first-order valence-corrected chi connectivity index (χ1v) is 14.3. The number of benzene rings is 3. The van der Waals surface area contributed by atoms with Gasteiger partial charge in [-0.2, -0.15) is 0 Å². The Kier molecular flexibility index (Phi) is 8.91. The van der Waals surface area contributed by atoms with Crippen LogP contribution in [0.1, 0.15) is 11.1 Å². The topological polar surface area (TPSA) is 88.2 Å². The summed E-state index contributed by atoms with van der Waals surface area (Å²) in [4.78, 5) is 46.7. The average Bonchev–Trinajstić information content (AvgIpc) is 3.30. The molecule has 2 aliphatic heterocycles. The fraction of sp³-hybridized carbons (Fsp3) is 0.281. The van der Waals surface area contributed by atoms with Gasteiger partial charge >= 0.3 is 0 Å². The van der Waals surface area contributed by atoms with Gasteiger partial charge in [0.05, 0.1) is 23.5 Å². The molecule has 1 saturated heterocycles. The van der Waals surface area contributed by atoms with E-state index in [1.807, 2.05) is 60.7 Å². The molecule has 3 amide bonds. The van der Waals surface area contributed by atoms with Crippen LogP contribution in [0.15, 0.2) is 72.8 Å². The van der Waals surface area contributed by atoms with E-state index in [2.05, 4.69) is 27.5 Å². The molecule has 0 atom stereocenters. The molecule has 1 fully saturated rings. The molecule has 5 rings (SSSR count). The maximum Gasteiger partial charge on any atom is 0.258 e. The van der Waals surface area contributed by atoms with Gasteiger partial charge in [-0.3, -0.25) is 19.3 Å². The Bertz CT molecular complexity index is 1500. The molecule has 3 aromatic rings. The lowest BCUT2D eigenvalue weighted by Crippen LogP contribution is -2.50. The van der Waals surface area contributed by atoms with Crippen molar-refractivity contribution in [1.29, 1.82) is 0 Å². The largest absolute Gasteiger partial charge is 0.354 e. The fourth-order valence-electron chi connectivity index (χ4n) is 5.03. The molecule has 0 unspecified atom stereocenters. The molecule has 0 aliphatic carbocycles.